The summed E-state index contributed by atoms with van der Waals surface area (Å²) in [5.41, 5.74) is -1.06. The van der Waals surface area contributed by atoms with Crippen molar-refractivity contribution in [2.24, 2.45) is 0 Å². The first-order valence-electron chi connectivity index (χ1n) is 7.79. The Morgan fingerprint density at radius 1 is 1.20 bits per heavy atom. The molecule has 0 bridgehead atoms. The van der Waals surface area contributed by atoms with Gasteiger partial charge in [-0.15, -0.1) is 0 Å². The van der Waals surface area contributed by atoms with Crippen LogP contribution in [0.4, 0.5) is 5.69 Å². The minimum Gasteiger partial charge on any atom is -0.486 e. The fraction of sp³-hybridized carbons (Fsp3) is 0.500. The molecule has 2 amide bonds. The van der Waals surface area contributed by atoms with Crippen LogP contribution in [0.1, 0.15) is 38.1 Å². The minimum absolute atomic E-state index is 0.190. The normalized spacial score (nSPS) is 14.4. The molecule has 0 radical (unpaired) electrons. The molecule has 25 heavy (non-hydrogen) atoms. The van der Waals surface area contributed by atoms with Crippen molar-refractivity contribution in [1.29, 1.82) is 0 Å². The van der Waals surface area contributed by atoms with Gasteiger partial charge in [0.1, 0.15) is 24.8 Å². The second-order valence-electron chi connectivity index (χ2n) is 6.70. The number of ether oxygens (including phenoxy) is 2. The summed E-state index contributed by atoms with van der Waals surface area (Å²) < 4.78 is 10.7. The summed E-state index contributed by atoms with van der Waals surface area (Å²) in [5.74, 6) is -0.650. The SMILES string of the molecule is CC(NC(=O)c1cc2c(cc1[N+](=O)[O-])OCCO2)C(=O)NC(C)(C)C. The first-order valence-corrected chi connectivity index (χ1v) is 7.79. The van der Waals surface area contributed by atoms with Gasteiger partial charge in [-0.1, -0.05) is 0 Å². The van der Waals surface area contributed by atoms with Gasteiger partial charge in [0.15, 0.2) is 11.5 Å². The van der Waals surface area contributed by atoms with E-state index in [2.05, 4.69) is 10.6 Å². The van der Waals surface area contributed by atoms with E-state index < -0.39 is 28.1 Å². The molecule has 1 aromatic carbocycles. The fourth-order valence-electron chi connectivity index (χ4n) is 2.23. The third kappa shape index (κ3) is 4.59. The van der Waals surface area contributed by atoms with E-state index in [0.29, 0.717) is 0 Å². The largest absolute Gasteiger partial charge is 0.486 e. The lowest BCUT2D eigenvalue weighted by atomic mass is 10.1. The Kier molecular flexibility index (Phi) is 5.15. The van der Waals surface area contributed by atoms with E-state index in [1.165, 1.54) is 13.0 Å². The van der Waals surface area contributed by atoms with Gasteiger partial charge in [0, 0.05) is 11.6 Å². The monoisotopic (exact) mass is 351 g/mol. The summed E-state index contributed by atoms with van der Waals surface area (Å²) in [4.78, 5) is 35.1. The van der Waals surface area contributed by atoms with Gasteiger partial charge in [-0.25, -0.2) is 0 Å². The molecule has 1 unspecified atom stereocenters. The van der Waals surface area contributed by atoms with Crippen molar-refractivity contribution in [3.63, 3.8) is 0 Å². The molecular weight excluding hydrogens is 330 g/mol. The van der Waals surface area contributed by atoms with Gasteiger partial charge in [0.2, 0.25) is 5.91 Å². The number of carbonyl (C=O) groups is 2. The van der Waals surface area contributed by atoms with Crippen LogP contribution < -0.4 is 20.1 Å². The highest BCUT2D eigenvalue weighted by atomic mass is 16.6. The van der Waals surface area contributed by atoms with Crippen LogP contribution in [0.25, 0.3) is 0 Å². The van der Waals surface area contributed by atoms with Crippen molar-refractivity contribution in [3.05, 3.63) is 27.8 Å². The van der Waals surface area contributed by atoms with Crippen LogP contribution in [-0.4, -0.2) is 41.5 Å². The quantitative estimate of drug-likeness (QED) is 0.625. The number of hydrogen-bond donors (Lipinski definition) is 2. The fourth-order valence-corrected chi connectivity index (χ4v) is 2.23. The molecule has 136 valence electrons. The van der Waals surface area contributed by atoms with Crippen molar-refractivity contribution in [2.45, 2.75) is 39.3 Å². The van der Waals surface area contributed by atoms with Crippen molar-refractivity contribution in [1.82, 2.24) is 10.6 Å². The molecule has 9 heteroatoms. The van der Waals surface area contributed by atoms with Gasteiger partial charge in [0.25, 0.3) is 11.6 Å². The predicted octanol–water partition coefficient (Wildman–Crippen LogP) is 1.40. The van der Waals surface area contributed by atoms with E-state index in [0.717, 1.165) is 6.07 Å². The van der Waals surface area contributed by atoms with Gasteiger partial charge in [-0.05, 0) is 27.7 Å². The molecule has 0 aliphatic carbocycles. The molecule has 1 atom stereocenters. The first kappa shape index (κ1) is 18.5. The average molecular weight is 351 g/mol. The third-order valence-corrected chi connectivity index (χ3v) is 3.34. The van der Waals surface area contributed by atoms with E-state index in [4.69, 9.17) is 9.47 Å². The number of nitro benzene ring substituents is 1. The molecule has 0 spiro atoms. The zero-order chi connectivity index (χ0) is 18.8. The third-order valence-electron chi connectivity index (χ3n) is 3.34. The van der Waals surface area contributed by atoms with Crippen molar-refractivity contribution in [2.75, 3.05) is 13.2 Å². The van der Waals surface area contributed by atoms with Crippen molar-refractivity contribution in [3.8, 4) is 11.5 Å². The minimum atomic E-state index is -0.862. The summed E-state index contributed by atoms with van der Waals surface area (Å²) in [6, 6.07) is 1.55. The molecule has 2 N–H and O–H groups in total. The van der Waals surface area contributed by atoms with Gasteiger partial charge in [0.05, 0.1) is 11.0 Å². The average Bonchev–Trinajstić information content (AvgIpc) is 2.51. The van der Waals surface area contributed by atoms with Gasteiger partial charge in [-0.3, -0.25) is 19.7 Å². The summed E-state index contributed by atoms with van der Waals surface area (Å²) >= 11 is 0. The van der Waals surface area contributed by atoms with Crippen LogP contribution in [0, 0.1) is 10.1 Å². The van der Waals surface area contributed by atoms with Gasteiger partial charge in [-0.2, -0.15) is 0 Å². The number of fused-ring (bicyclic) bond motifs is 1. The summed E-state index contributed by atoms with van der Waals surface area (Å²) in [6.07, 6.45) is 0. The van der Waals surface area contributed by atoms with Crippen LogP contribution in [0.2, 0.25) is 0 Å². The molecule has 2 rings (SSSR count). The maximum absolute atomic E-state index is 12.4. The molecule has 1 aromatic rings. The number of rotatable bonds is 4. The summed E-state index contributed by atoms with van der Waals surface area (Å²) in [7, 11) is 0. The second-order valence-corrected chi connectivity index (χ2v) is 6.70. The lowest BCUT2D eigenvalue weighted by Gasteiger charge is -2.24. The number of nitrogens with one attached hydrogen (secondary N) is 2. The van der Waals surface area contributed by atoms with Crippen LogP contribution >= 0.6 is 0 Å². The van der Waals surface area contributed by atoms with Crippen LogP contribution in [0.3, 0.4) is 0 Å². The Bertz CT molecular complexity index is 711. The molecule has 0 saturated heterocycles. The number of hydrogen-bond acceptors (Lipinski definition) is 6. The standard InChI is InChI=1S/C16H21N3O6/c1-9(14(20)18-16(2,3)4)17-15(21)10-7-12-13(25-6-5-24-12)8-11(10)19(22)23/h7-9H,5-6H2,1-4H3,(H,17,21)(H,18,20). The van der Waals surface area contributed by atoms with E-state index in [1.807, 2.05) is 20.8 Å². The Hall–Kier alpha value is -2.84. The predicted molar refractivity (Wildman–Crippen MR) is 88.9 cm³/mol. The Labute approximate surface area is 144 Å². The molecule has 0 saturated carbocycles. The Balaban J connectivity index is 2.23. The number of benzene rings is 1. The van der Waals surface area contributed by atoms with Crippen molar-refractivity contribution >= 4 is 17.5 Å². The smallest absolute Gasteiger partial charge is 0.286 e. The maximum atomic E-state index is 12.4. The molecule has 1 heterocycles. The number of amides is 2. The number of nitro groups is 1. The summed E-state index contributed by atoms with van der Waals surface area (Å²) in [5, 5.41) is 16.5. The number of carbonyl (C=O) groups excluding carboxylic acids is 2. The highest BCUT2D eigenvalue weighted by Gasteiger charge is 2.28. The highest BCUT2D eigenvalue weighted by Crippen LogP contribution is 2.36. The van der Waals surface area contributed by atoms with Crippen LogP contribution in [-0.2, 0) is 4.79 Å². The first-order chi connectivity index (χ1) is 11.6. The molecule has 1 aliphatic rings. The molecule has 0 aromatic heterocycles. The maximum Gasteiger partial charge on any atom is 0.286 e. The van der Waals surface area contributed by atoms with Crippen molar-refractivity contribution < 1.29 is 24.0 Å². The molecular formula is C16H21N3O6. The second kappa shape index (κ2) is 6.96. The van der Waals surface area contributed by atoms with Gasteiger partial charge >= 0.3 is 0 Å². The van der Waals surface area contributed by atoms with E-state index in [-0.39, 0.29) is 36.2 Å². The molecule has 0 fully saturated rings. The lowest BCUT2D eigenvalue weighted by Crippen LogP contribution is -2.50. The summed E-state index contributed by atoms with van der Waals surface area (Å²) in [6.45, 7) is 7.50. The Morgan fingerprint density at radius 3 is 2.28 bits per heavy atom. The van der Waals surface area contributed by atoms with Gasteiger partial charge < -0.3 is 20.1 Å². The highest BCUT2D eigenvalue weighted by molar-refractivity contribution is 6.01. The van der Waals surface area contributed by atoms with E-state index in [9.17, 15) is 19.7 Å². The molecule has 1 aliphatic heterocycles. The number of nitrogens with zero attached hydrogens (tertiary/aromatic N) is 1. The zero-order valence-electron chi connectivity index (χ0n) is 14.5. The van der Waals surface area contributed by atoms with Crippen LogP contribution in [0.5, 0.6) is 11.5 Å². The van der Waals surface area contributed by atoms with Crippen LogP contribution in [0.15, 0.2) is 12.1 Å². The lowest BCUT2D eigenvalue weighted by molar-refractivity contribution is -0.385. The molecule has 9 nitrogen and oxygen atoms in total. The topological polar surface area (TPSA) is 120 Å². The van der Waals surface area contributed by atoms with E-state index >= 15 is 0 Å². The van der Waals surface area contributed by atoms with E-state index in [1.54, 1.807) is 0 Å². The zero-order valence-corrected chi connectivity index (χ0v) is 14.5. The Morgan fingerprint density at radius 2 is 1.76 bits per heavy atom.